The van der Waals surface area contributed by atoms with Crippen LogP contribution in [0.5, 0.6) is 5.75 Å². The maximum absolute atomic E-state index is 12.9. The number of benzene rings is 2. The maximum Gasteiger partial charge on any atom is 0.123 e. The molecule has 0 aliphatic carbocycles. The van der Waals surface area contributed by atoms with Crippen LogP contribution in [0, 0.1) is 5.82 Å². The van der Waals surface area contributed by atoms with E-state index in [2.05, 4.69) is 34.1 Å². The molecule has 146 valence electrons. The molecule has 0 radical (unpaired) electrons. The predicted octanol–water partition coefficient (Wildman–Crippen LogP) is 1.92. The first-order valence-corrected chi connectivity index (χ1v) is 9.37. The van der Waals surface area contributed by atoms with E-state index in [1.165, 1.54) is 17.8 Å². The van der Waals surface area contributed by atoms with Gasteiger partial charge in [0.2, 0.25) is 0 Å². The van der Waals surface area contributed by atoms with Crippen molar-refractivity contribution in [2.45, 2.75) is 12.5 Å². The Morgan fingerprint density at radius 3 is 2.26 bits per heavy atom. The molecule has 0 amide bonds. The Balaban J connectivity index is 1.40. The SMILES string of the molecule is OCCc1ccc(N2CCN(C[C@@H](O)COc3ccc(F)cc3)CC2)cc1. The molecule has 1 aliphatic rings. The summed E-state index contributed by atoms with van der Waals surface area (Å²) in [6.45, 7) is 4.50. The topological polar surface area (TPSA) is 56.2 Å². The van der Waals surface area contributed by atoms with Gasteiger partial charge in [0.1, 0.15) is 24.3 Å². The van der Waals surface area contributed by atoms with Crippen LogP contribution in [0.3, 0.4) is 0 Å². The van der Waals surface area contributed by atoms with Crippen LogP contribution < -0.4 is 9.64 Å². The van der Waals surface area contributed by atoms with Gasteiger partial charge in [-0.15, -0.1) is 0 Å². The summed E-state index contributed by atoms with van der Waals surface area (Å²) < 4.78 is 18.4. The third-order valence-corrected chi connectivity index (χ3v) is 4.80. The lowest BCUT2D eigenvalue weighted by Gasteiger charge is -2.37. The first kappa shape index (κ1) is 19.6. The zero-order chi connectivity index (χ0) is 19.1. The van der Waals surface area contributed by atoms with E-state index >= 15 is 0 Å². The second kappa shape index (κ2) is 9.69. The van der Waals surface area contributed by atoms with Crippen molar-refractivity contribution in [1.29, 1.82) is 0 Å². The highest BCUT2D eigenvalue weighted by Crippen LogP contribution is 2.18. The van der Waals surface area contributed by atoms with Gasteiger partial charge in [-0.1, -0.05) is 12.1 Å². The molecular weight excluding hydrogens is 347 g/mol. The van der Waals surface area contributed by atoms with Gasteiger partial charge in [-0.25, -0.2) is 4.39 Å². The summed E-state index contributed by atoms with van der Waals surface area (Å²) in [6, 6.07) is 14.1. The molecule has 0 aromatic heterocycles. The lowest BCUT2D eigenvalue weighted by molar-refractivity contribution is 0.0663. The number of ether oxygens (including phenoxy) is 1. The van der Waals surface area contributed by atoms with E-state index in [0.717, 1.165) is 31.7 Å². The average Bonchev–Trinajstić information content (AvgIpc) is 2.69. The largest absolute Gasteiger partial charge is 0.491 e. The summed E-state index contributed by atoms with van der Waals surface area (Å²) in [5.41, 5.74) is 2.33. The molecule has 2 aromatic rings. The Bertz CT molecular complexity index is 686. The van der Waals surface area contributed by atoms with Gasteiger partial charge in [0, 0.05) is 45.0 Å². The Morgan fingerprint density at radius 1 is 0.963 bits per heavy atom. The Morgan fingerprint density at radius 2 is 1.63 bits per heavy atom. The van der Waals surface area contributed by atoms with Crippen LogP contribution in [0.15, 0.2) is 48.5 Å². The average molecular weight is 374 g/mol. The molecule has 0 spiro atoms. The van der Waals surface area contributed by atoms with Crippen molar-refractivity contribution >= 4 is 5.69 Å². The maximum atomic E-state index is 12.9. The number of nitrogens with zero attached hydrogens (tertiary/aromatic N) is 2. The van der Waals surface area contributed by atoms with Crippen molar-refractivity contribution in [3.8, 4) is 5.75 Å². The Hall–Kier alpha value is -2.15. The van der Waals surface area contributed by atoms with Crippen LogP contribution in [0.1, 0.15) is 5.56 Å². The third-order valence-electron chi connectivity index (χ3n) is 4.80. The Kier molecular flexibility index (Phi) is 7.04. The molecular formula is C21H27FN2O3. The van der Waals surface area contributed by atoms with Gasteiger partial charge in [0.25, 0.3) is 0 Å². The third kappa shape index (κ3) is 5.92. The number of rotatable bonds is 8. The number of aliphatic hydroxyl groups is 2. The van der Waals surface area contributed by atoms with Crippen molar-refractivity contribution in [3.63, 3.8) is 0 Å². The number of hydrogen-bond acceptors (Lipinski definition) is 5. The lowest BCUT2D eigenvalue weighted by Crippen LogP contribution is -2.49. The summed E-state index contributed by atoms with van der Waals surface area (Å²) in [4.78, 5) is 4.57. The molecule has 27 heavy (non-hydrogen) atoms. The quantitative estimate of drug-likeness (QED) is 0.739. The van der Waals surface area contributed by atoms with Crippen molar-refractivity contribution in [1.82, 2.24) is 4.90 Å². The van der Waals surface area contributed by atoms with Crippen LogP contribution in [-0.2, 0) is 6.42 Å². The zero-order valence-corrected chi connectivity index (χ0v) is 15.4. The van der Waals surface area contributed by atoms with E-state index in [1.807, 2.05) is 0 Å². The zero-order valence-electron chi connectivity index (χ0n) is 15.4. The van der Waals surface area contributed by atoms with Gasteiger partial charge in [-0.3, -0.25) is 4.90 Å². The normalized spacial score (nSPS) is 16.3. The van der Waals surface area contributed by atoms with Crippen LogP contribution in [-0.4, -0.2) is 67.2 Å². The predicted molar refractivity (Wildman–Crippen MR) is 104 cm³/mol. The standard InChI is InChI=1S/C21H27FN2O3/c22-18-3-7-21(8-4-18)27-16-20(26)15-23-10-12-24(13-11-23)19-5-1-17(2-6-19)9-14-25/h1-8,20,25-26H,9-16H2/t20-/m1/s1. The first-order chi connectivity index (χ1) is 13.1. The summed E-state index contributed by atoms with van der Waals surface area (Å²) in [7, 11) is 0. The van der Waals surface area contributed by atoms with E-state index in [1.54, 1.807) is 12.1 Å². The molecule has 1 saturated heterocycles. The minimum Gasteiger partial charge on any atom is -0.491 e. The molecule has 1 fully saturated rings. The minimum atomic E-state index is -0.584. The summed E-state index contributed by atoms with van der Waals surface area (Å²) >= 11 is 0. The van der Waals surface area contributed by atoms with Crippen molar-refractivity contribution in [3.05, 3.63) is 59.9 Å². The van der Waals surface area contributed by atoms with E-state index in [-0.39, 0.29) is 19.0 Å². The number of aliphatic hydroxyl groups excluding tert-OH is 2. The molecule has 0 saturated carbocycles. The smallest absolute Gasteiger partial charge is 0.123 e. The van der Waals surface area contributed by atoms with Crippen molar-refractivity contribution in [2.24, 2.45) is 0 Å². The van der Waals surface area contributed by atoms with Crippen LogP contribution in [0.25, 0.3) is 0 Å². The first-order valence-electron chi connectivity index (χ1n) is 9.37. The van der Waals surface area contributed by atoms with Crippen LogP contribution in [0.2, 0.25) is 0 Å². The van der Waals surface area contributed by atoms with Gasteiger partial charge >= 0.3 is 0 Å². The second-order valence-electron chi connectivity index (χ2n) is 6.85. The molecule has 6 heteroatoms. The van der Waals surface area contributed by atoms with Crippen LogP contribution in [0.4, 0.5) is 10.1 Å². The Labute approximate surface area is 159 Å². The highest BCUT2D eigenvalue weighted by Gasteiger charge is 2.19. The molecule has 1 atom stereocenters. The summed E-state index contributed by atoms with van der Waals surface area (Å²) in [6.07, 6.45) is 0.103. The van der Waals surface area contributed by atoms with Crippen LogP contribution >= 0.6 is 0 Å². The highest BCUT2D eigenvalue weighted by molar-refractivity contribution is 5.48. The number of β-amino-alcohol motifs (C(OH)–C–C–N with tert-alkyl or cyclic N) is 1. The van der Waals surface area contributed by atoms with E-state index in [0.29, 0.717) is 18.7 Å². The van der Waals surface area contributed by atoms with E-state index in [4.69, 9.17) is 9.84 Å². The highest BCUT2D eigenvalue weighted by atomic mass is 19.1. The molecule has 1 heterocycles. The molecule has 1 aliphatic heterocycles. The molecule has 3 rings (SSSR count). The molecule has 5 nitrogen and oxygen atoms in total. The monoisotopic (exact) mass is 374 g/mol. The minimum absolute atomic E-state index is 0.172. The van der Waals surface area contributed by atoms with Gasteiger partial charge in [-0.2, -0.15) is 0 Å². The summed E-state index contributed by atoms with van der Waals surface area (Å²) in [5, 5.41) is 19.2. The van der Waals surface area contributed by atoms with Gasteiger partial charge in [0.05, 0.1) is 0 Å². The second-order valence-corrected chi connectivity index (χ2v) is 6.85. The van der Waals surface area contributed by atoms with E-state index < -0.39 is 6.10 Å². The number of anilines is 1. The molecule has 2 aromatic carbocycles. The van der Waals surface area contributed by atoms with Gasteiger partial charge < -0.3 is 19.8 Å². The molecule has 0 bridgehead atoms. The lowest BCUT2D eigenvalue weighted by atomic mass is 10.1. The van der Waals surface area contributed by atoms with Gasteiger partial charge in [-0.05, 0) is 48.4 Å². The number of hydrogen-bond donors (Lipinski definition) is 2. The van der Waals surface area contributed by atoms with Crippen molar-refractivity contribution in [2.75, 3.05) is 50.8 Å². The molecule has 2 N–H and O–H groups in total. The molecule has 0 unspecified atom stereocenters. The van der Waals surface area contributed by atoms with Crippen molar-refractivity contribution < 1.29 is 19.3 Å². The fourth-order valence-corrected chi connectivity index (χ4v) is 3.27. The summed E-state index contributed by atoms with van der Waals surface area (Å²) in [5.74, 6) is 0.258. The fraction of sp³-hybridized carbons (Fsp3) is 0.429. The fourth-order valence-electron chi connectivity index (χ4n) is 3.27. The van der Waals surface area contributed by atoms with E-state index in [9.17, 15) is 9.50 Å². The number of piperazine rings is 1. The van der Waals surface area contributed by atoms with Gasteiger partial charge in [0.15, 0.2) is 0 Å². The number of halogens is 1.